The maximum Gasteiger partial charge on any atom is 0.307 e. The fourth-order valence-electron chi connectivity index (χ4n) is 3.61. The summed E-state index contributed by atoms with van der Waals surface area (Å²) in [6, 6.07) is 25.7. The number of hydrogen-bond donors (Lipinski definition) is 2. The highest BCUT2D eigenvalue weighted by Crippen LogP contribution is 2.23. The SMILES string of the molecule is Cc1c(CC(=O)O)cccc1OCCONC(=Cn1cccn1)c1ccc(-c2ccccc2)cc1. The summed E-state index contributed by atoms with van der Waals surface area (Å²) in [5.74, 6) is -0.220. The molecule has 0 spiro atoms. The van der Waals surface area contributed by atoms with Gasteiger partial charge in [-0.3, -0.25) is 15.1 Å². The van der Waals surface area contributed by atoms with Crippen LogP contribution in [0.25, 0.3) is 23.0 Å². The molecule has 1 heterocycles. The quantitative estimate of drug-likeness (QED) is 0.236. The smallest absolute Gasteiger partial charge is 0.307 e. The van der Waals surface area contributed by atoms with Crippen LogP contribution >= 0.6 is 0 Å². The van der Waals surface area contributed by atoms with Gasteiger partial charge in [-0.25, -0.2) is 4.68 Å². The van der Waals surface area contributed by atoms with Gasteiger partial charge >= 0.3 is 5.97 Å². The fraction of sp³-hybridized carbons (Fsp3) is 0.143. The number of aromatic nitrogens is 2. The second kappa shape index (κ2) is 11.7. The minimum absolute atomic E-state index is 0.0360. The second-order valence-electron chi connectivity index (χ2n) is 7.88. The largest absolute Gasteiger partial charge is 0.491 e. The first kappa shape index (κ1) is 23.8. The lowest BCUT2D eigenvalue weighted by molar-refractivity contribution is -0.136. The number of carboxylic acids is 1. The van der Waals surface area contributed by atoms with E-state index in [4.69, 9.17) is 14.7 Å². The van der Waals surface area contributed by atoms with Crippen LogP contribution in [0.15, 0.2) is 91.3 Å². The maximum atomic E-state index is 11.0. The molecule has 0 aliphatic heterocycles. The number of benzene rings is 3. The van der Waals surface area contributed by atoms with Crippen molar-refractivity contribution < 1.29 is 19.5 Å². The third kappa shape index (κ3) is 6.59. The van der Waals surface area contributed by atoms with E-state index in [1.807, 2.05) is 61.8 Å². The number of aliphatic carboxylic acids is 1. The molecule has 0 saturated carbocycles. The Hall–Kier alpha value is -4.36. The lowest BCUT2D eigenvalue weighted by Gasteiger charge is -2.14. The first-order chi connectivity index (χ1) is 17.1. The van der Waals surface area contributed by atoms with Gasteiger partial charge in [0.15, 0.2) is 0 Å². The minimum atomic E-state index is -0.869. The number of carbonyl (C=O) groups is 1. The van der Waals surface area contributed by atoms with Crippen molar-refractivity contribution in [3.05, 3.63) is 108 Å². The Morgan fingerprint density at radius 1 is 0.971 bits per heavy atom. The van der Waals surface area contributed by atoms with E-state index in [2.05, 4.69) is 34.8 Å². The summed E-state index contributed by atoms with van der Waals surface area (Å²) in [4.78, 5) is 16.7. The Balaban J connectivity index is 1.38. The molecule has 2 N–H and O–H groups in total. The van der Waals surface area contributed by atoms with Crippen LogP contribution in [0.4, 0.5) is 0 Å². The van der Waals surface area contributed by atoms with Gasteiger partial charge in [0.05, 0.1) is 18.3 Å². The summed E-state index contributed by atoms with van der Waals surface area (Å²) < 4.78 is 7.52. The van der Waals surface area contributed by atoms with Crippen LogP contribution in [-0.2, 0) is 16.1 Å². The van der Waals surface area contributed by atoms with Crippen LogP contribution in [0.2, 0.25) is 0 Å². The number of ether oxygens (including phenoxy) is 1. The molecule has 4 aromatic rings. The van der Waals surface area contributed by atoms with Gasteiger partial charge in [-0.1, -0.05) is 66.7 Å². The minimum Gasteiger partial charge on any atom is -0.491 e. The molecule has 0 atom stereocenters. The molecule has 35 heavy (non-hydrogen) atoms. The molecular weight excluding hydrogens is 442 g/mol. The first-order valence-electron chi connectivity index (χ1n) is 11.3. The molecule has 0 radical (unpaired) electrons. The predicted octanol–water partition coefficient (Wildman–Crippen LogP) is 5.04. The van der Waals surface area contributed by atoms with Crippen LogP contribution < -0.4 is 10.2 Å². The van der Waals surface area contributed by atoms with Crippen molar-refractivity contribution >= 4 is 17.9 Å². The summed E-state index contributed by atoms with van der Waals surface area (Å²) in [6.45, 7) is 2.43. The van der Waals surface area contributed by atoms with E-state index in [-0.39, 0.29) is 13.0 Å². The Bertz CT molecular complexity index is 1270. The Labute approximate surface area is 204 Å². The second-order valence-corrected chi connectivity index (χ2v) is 7.88. The zero-order valence-electron chi connectivity index (χ0n) is 19.4. The van der Waals surface area contributed by atoms with Crippen molar-refractivity contribution in [3.63, 3.8) is 0 Å². The normalized spacial score (nSPS) is 11.3. The van der Waals surface area contributed by atoms with Gasteiger partial charge in [0.25, 0.3) is 0 Å². The van der Waals surface area contributed by atoms with Gasteiger partial charge in [-0.15, -0.1) is 0 Å². The van der Waals surface area contributed by atoms with Gasteiger partial charge in [0.1, 0.15) is 19.0 Å². The third-order valence-corrected chi connectivity index (χ3v) is 5.45. The molecule has 0 unspecified atom stereocenters. The van der Waals surface area contributed by atoms with E-state index >= 15 is 0 Å². The summed E-state index contributed by atoms with van der Waals surface area (Å²) in [5.41, 5.74) is 8.54. The zero-order chi connectivity index (χ0) is 24.5. The van der Waals surface area contributed by atoms with Gasteiger partial charge in [0, 0.05) is 18.0 Å². The van der Waals surface area contributed by atoms with Crippen molar-refractivity contribution in [2.45, 2.75) is 13.3 Å². The lowest BCUT2D eigenvalue weighted by atomic mass is 10.0. The highest BCUT2D eigenvalue weighted by molar-refractivity contribution is 5.75. The van der Waals surface area contributed by atoms with Crippen LogP contribution in [0.5, 0.6) is 5.75 Å². The Morgan fingerprint density at radius 2 is 1.74 bits per heavy atom. The standard InChI is InChI=1S/C28H27N3O4/c1-21-25(19-28(32)33)9-5-10-27(21)34-17-18-35-30-26(20-31-16-6-15-29-31)24-13-11-23(12-14-24)22-7-3-2-4-8-22/h2-16,20,30H,17-19H2,1H3,(H,32,33). The topological polar surface area (TPSA) is 85.6 Å². The molecule has 7 nitrogen and oxygen atoms in total. The van der Waals surface area contributed by atoms with E-state index in [1.165, 1.54) is 0 Å². The van der Waals surface area contributed by atoms with Crippen LogP contribution in [-0.4, -0.2) is 34.1 Å². The van der Waals surface area contributed by atoms with E-state index in [0.717, 1.165) is 33.5 Å². The number of carboxylic acid groups (broad SMARTS) is 1. The number of hydroxylamine groups is 1. The summed E-state index contributed by atoms with van der Waals surface area (Å²) >= 11 is 0. The van der Waals surface area contributed by atoms with E-state index < -0.39 is 5.97 Å². The van der Waals surface area contributed by atoms with E-state index in [9.17, 15) is 4.79 Å². The molecule has 4 rings (SSSR count). The molecular formula is C28H27N3O4. The molecule has 0 bridgehead atoms. The van der Waals surface area contributed by atoms with Gasteiger partial charge in [0.2, 0.25) is 0 Å². The van der Waals surface area contributed by atoms with Gasteiger partial charge in [-0.2, -0.15) is 5.10 Å². The average Bonchev–Trinajstić information content (AvgIpc) is 3.39. The molecule has 3 aromatic carbocycles. The van der Waals surface area contributed by atoms with Crippen LogP contribution in [0, 0.1) is 6.92 Å². The maximum absolute atomic E-state index is 11.0. The number of nitrogens with zero attached hydrogens (tertiary/aromatic N) is 2. The molecule has 7 heteroatoms. The highest BCUT2D eigenvalue weighted by atomic mass is 16.7. The van der Waals surface area contributed by atoms with Crippen molar-refractivity contribution in [1.29, 1.82) is 0 Å². The number of hydrogen-bond acceptors (Lipinski definition) is 5. The highest BCUT2D eigenvalue weighted by Gasteiger charge is 2.09. The summed E-state index contributed by atoms with van der Waals surface area (Å²) in [7, 11) is 0. The van der Waals surface area contributed by atoms with Crippen molar-refractivity contribution in [3.8, 4) is 16.9 Å². The molecule has 0 fully saturated rings. The van der Waals surface area contributed by atoms with E-state index in [0.29, 0.717) is 12.4 Å². The Kier molecular flexibility index (Phi) is 7.93. The summed E-state index contributed by atoms with van der Waals surface area (Å²) in [5, 5.41) is 13.3. The van der Waals surface area contributed by atoms with Gasteiger partial charge < -0.3 is 9.84 Å². The van der Waals surface area contributed by atoms with Crippen molar-refractivity contribution in [2.75, 3.05) is 13.2 Å². The molecule has 0 aliphatic rings. The molecule has 0 amide bonds. The Morgan fingerprint density at radius 3 is 2.46 bits per heavy atom. The van der Waals surface area contributed by atoms with Gasteiger partial charge in [-0.05, 0) is 41.3 Å². The monoisotopic (exact) mass is 469 g/mol. The van der Waals surface area contributed by atoms with Crippen LogP contribution in [0.3, 0.4) is 0 Å². The first-order valence-corrected chi connectivity index (χ1v) is 11.3. The molecule has 178 valence electrons. The zero-order valence-corrected chi connectivity index (χ0v) is 19.4. The van der Waals surface area contributed by atoms with Crippen LogP contribution in [0.1, 0.15) is 16.7 Å². The molecule has 0 saturated heterocycles. The van der Waals surface area contributed by atoms with E-state index in [1.54, 1.807) is 23.0 Å². The molecule has 0 aliphatic carbocycles. The summed E-state index contributed by atoms with van der Waals surface area (Å²) in [6.07, 6.45) is 5.36. The third-order valence-electron chi connectivity index (χ3n) is 5.45. The van der Waals surface area contributed by atoms with Crippen molar-refractivity contribution in [1.82, 2.24) is 15.3 Å². The fourth-order valence-corrected chi connectivity index (χ4v) is 3.61. The lowest BCUT2D eigenvalue weighted by Crippen LogP contribution is -2.18. The average molecular weight is 470 g/mol. The molecule has 1 aromatic heterocycles. The van der Waals surface area contributed by atoms with Crippen molar-refractivity contribution in [2.24, 2.45) is 0 Å². The predicted molar refractivity (Wildman–Crippen MR) is 135 cm³/mol. The number of nitrogens with one attached hydrogen (secondary N) is 1. The number of rotatable bonds is 11.